The van der Waals surface area contributed by atoms with Crippen LogP contribution in [0.25, 0.3) is 10.8 Å². The van der Waals surface area contributed by atoms with Crippen LogP contribution in [0.2, 0.25) is 0 Å². The van der Waals surface area contributed by atoms with Crippen molar-refractivity contribution in [2.24, 2.45) is 17.3 Å². The molecule has 0 spiro atoms. The molecule has 0 radical (unpaired) electrons. The molecule has 1 aliphatic carbocycles. The van der Waals surface area contributed by atoms with E-state index in [9.17, 15) is 9.59 Å². The number of hydrogen-bond donors (Lipinski definition) is 2. The normalized spacial score (nSPS) is 19.6. The van der Waals surface area contributed by atoms with Gasteiger partial charge >= 0.3 is 6.09 Å². The van der Waals surface area contributed by atoms with Crippen LogP contribution >= 0.6 is 23.2 Å². The van der Waals surface area contributed by atoms with Crippen LogP contribution in [0.3, 0.4) is 0 Å². The van der Waals surface area contributed by atoms with Crippen molar-refractivity contribution in [2.75, 3.05) is 18.5 Å². The Morgan fingerprint density at radius 1 is 1.14 bits per heavy atom. The number of halogens is 2. The van der Waals surface area contributed by atoms with Gasteiger partial charge in [0.05, 0.1) is 18.2 Å². The molecule has 5 nitrogen and oxygen atoms in total. The summed E-state index contributed by atoms with van der Waals surface area (Å²) in [6.45, 7) is 4.29. The number of amides is 2. The van der Waals surface area contributed by atoms with Gasteiger partial charge in [0.25, 0.3) is 0 Å². The molecule has 2 aromatic carbocycles. The molecule has 3 rings (SSSR count). The summed E-state index contributed by atoms with van der Waals surface area (Å²) in [5, 5.41) is 7.49. The molecule has 148 valence electrons. The van der Waals surface area contributed by atoms with E-state index in [1.54, 1.807) is 6.08 Å². The molecule has 2 amide bonds. The quantitative estimate of drug-likeness (QED) is 0.638. The zero-order valence-corrected chi connectivity index (χ0v) is 17.2. The Labute approximate surface area is 174 Å². The second-order valence-electron chi connectivity index (χ2n) is 7.36. The molecule has 0 unspecified atom stereocenters. The van der Waals surface area contributed by atoms with Gasteiger partial charge in [0.1, 0.15) is 11.1 Å². The Balaban J connectivity index is 1.45. The van der Waals surface area contributed by atoms with Crippen LogP contribution in [-0.4, -0.2) is 25.2 Å². The van der Waals surface area contributed by atoms with E-state index in [4.69, 9.17) is 27.9 Å². The highest BCUT2D eigenvalue weighted by atomic mass is 35.5. The van der Waals surface area contributed by atoms with Gasteiger partial charge in [0, 0.05) is 5.39 Å². The zero-order chi connectivity index (χ0) is 20.3. The summed E-state index contributed by atoms with van der Waals surface area (Å²) in [4.78, 5) is 24.4. The first kappa shape index (κ1) is 20.5. The Hall–Kier alpha value is -2.24. The van der Waals surface area contributed by atoms with Gasteiger partial charge in [0.15, 0.2) is 0 Å². The van der Waals surface area contributed by atoms with E-state index in [1.165, 1.54) is 0 Å². The van der Waals surface area contributed by atoms with E-state index < -0.39 is 6.09 Å². The summed E-state index contributed by atoms with van der Waals surface area (Å²) in [5.41, 5.74) is 0.491. The van der Waals surface area contributed by atoms with Crippen molar-refractivity contribution in [1.82, 2.24) is 5.32 Å². The molecular formula is C21H22Cl2N2O3. The third kappa shape index (κ3) is 4.59. The van der Waals surface area contributed by atoms with Crippen LogP contribution in [0.1, 0.15) is 13.8 Å². The zero-order valence-electron chi connectivity index (χ0n) is 15.7. The Kier molecular flexibility index (Phi) is 6.16. The lowest BCUT2D eigenvalue weighted by atomic mass is 10.1. The average molecular weight is 421 g/mol. The van der Waals surface area contributed by atoms with E-state index in [-0.39, 0.29) is 40.8 Å². The molecule has 2 aromatic rings. The highest BCUT2D eigenvalue weighted by molar-refractivity contribution is 6.55. The second kappa shape index (κ2) is 8.41. The monoisotopic (exact) mass is 420 g/mol. The highest BCUT2D eigenvalue weighted by Gasteiger charge is 2.60. The van der Waals surface area contributed by atoms with Gasteiger partial charge in [-0.2, -0.15) is 0 Å². The maximum atomic E-state index is 12.3. The lowest BCUT2D eigenvalue weighted by Gasteiger charge is -2.10. The number of carbonyl (C=O) groups is 2. The van der Waals surface area contributed by atoms with Crippen molar-refractivity contribution in [3.8, 4) is 0 Å². The number of hydrogen-bond acceptors (Lipinski definition) is 3. The fourth-order valence-corrected chi connectivity index (χ4v) is 3.81. The molecule has 0 aromatic heterocycles. The van der Waals surface area contributed by atoms with E-state index in [0.29, 0.717) is 5.69 Å². The van der Waals surface area contributed by atoms with Crippen molar-refractivity contribution in [2.45, 2.75) is 13.8 Å². The standard InChI is InChI=1S/C21H22Cl2N2O3/c1-21(2)15(12-17(22)23)18(21)19(26)24-10-11-28-20(27)25-16-9-5-7-13-6-3-4-8-14(13)16/h3-9,12,15,18H,10-11H2,1-2H3,(H,24,26)(H,25,27)/t15-,18-/m1/s1. The molecule has 7 heteroatoms. The van der Waals surface area contributed by atoms with Gasteiger partial charge in [-0.05, 0) is 28.9 Å². The minimum Gasteiger partial charge on any atom is -0.447 e. The summed E-state index contributed by atoms with van der Waals surface area (Å²) in [6, 6.07) is 13.4. The number of benzene rings is 2. The summed E-state index contributed by atoms with van der Waals surface area (Å²) >= 11 is 11.4. The summed E-state index contributed by atoms with van der Waals surface area (Å²) in [5.74, 6) is -0.281. The molecule has 1 fully saturated rings. The Bertz CT molecular complexity index is 918. The molecule has 0 saturated heterocycles. The van der Waals surface area contributed by atoms with Crippen molar-refractivity contribution >= 4 is 51.7 Å². The molecule has 0 heterocycles. The maximum absolute atomic E-state index is 12.3. The van der Waals surface area contributed by atoms with Crippen LogP contribution in [-0.2, 0) is 9.53 Å². The SMILES string of the molecule is CC1(C)[C@H](C=C(Cl)Cl)[C@@H]1C(=O)NCCOC(=O)Nc1cccc2ccccc12. The minimum atomic E-state index is -0.563. The molecule has 1 aliphatic rings. The predicted molar refractivity (Wildman–Crippen MR) is 112 cm³/mol. The number of ether oxygens (including phenoxy) is 1. The second-order valence-corrected chi connectivity index (χ2v) is 8.37. The van der Waals surface area contributed by atoms with Crippen LogP contribution in [0.4, 0.5) is 10.5 Å². The molecule has 28 heavy (non-hydrogen) atoms. The summed E-state index contributed by atoms with van der Waals surface area (Å²) in [6.07, 6.45) is 1.13. The van der Waals surface area contributed by atoms with Crippen molar-refractivity contribution < 1.29 is 14.3 Å². The van der Waals surface area contributed by atoms with Crippen LogP contribution < -0.4 is 10.6 Å². The van der Waals surface area contributed by atoms with Crippen molar-refractivity contribution in [1.29, 1.82) is 0 Å². The highest BCUT2D eigenvalue weighted by Crippen LogP contribution is 2.59. The average Bonchev–Trinajstić information content (AvgIpc) is 3.18. The first-order valence-electron chi connectivity index (χ1n) is 9.03. The molecule has 0 bridgehead atoms. The lowest BCUT2D eigenvalue weighted by Crippen LogP contribution is -2.31. The first-order chi connectivity index (χ1) is 13.3. The van der Waals surface area contributed by atoms with Crippen LogP contribution in [0, 0.1) is 17.3 Å². The number of fused-ring (bicyclic) bond motifs is 1. The first-order valence-corrected chi connectivity index (χ1v) is 9.78. The van der Waals surface area contributed by atoms with Crippen LogP contribution in [0.15, 0.2) is 53.0 Å². The maximum Gasteiger partial charge on any atom is 0.411 e. The van der Waals surface area contributed by atoms with Crippen LogP contribution in [0.5, 0.6) is 0 Å². The van der Waals surface area contributed by atoms with E-state index >= 15 is 0 Å². The lowest BCUT2D eigenvalue weighted by molar-refractivity contribution is -0.123. The third-order valence-corrected chi connectivity index (χ3v) is 5.41. The van der Waals surface area contributed by atoms with Gasteiger partial charge in [-0.1, -0.05) is 73.4 Å². The minimum absolute atomic E-state index is 0.00748. The van der Waals surface area contributed by atoms with Gasteiger partial charge in [0.2, 0.25) is 5.91 Å². The molecular weight excluding hydrogens is 399 g/mol. The Morgan fingerprint density at radius 2 is 1.86 bits per heavy atom. The van der Waals surface area contributed by atoms with Crippen molar-refractivity contribution in [3.05, 3.63) is 53.0 Å². The predicted octanol–water partition coefficient (Wildman–Crippen LogP) is 5.10. The number of nitrogens with one attached hydrogen (secondary N) is 2. The fourth-order valence-electron chi connectivity index (χ4n) is 3.53. The number of allylic oxidation sites excluding steroid dienone is 1. The largest absolute Gasteiger partial charge is 0.447 e. The summed E-state index contributed by atoms with van der Waals surface area (Å²) < 4.78 is 5.34. The summed E-state index contributed by atoms with van der Waals surface area (Å²) in [7, 11) is 0. The Morgan fingerprint density at radius 3 is 2.61 bits per heavy atom. The van der Waals surface area contributed by atoms with Gasteiger partial charge < -0.3 is 10.1 Å². The molecule has 2 N–H and O–H groups in total. The van der Waals surface area contributed by atoms with E-state index in [2.05, 4.69) is 10.6 Å². The van der Waals surface area contributed by atoms with E-state index in [0.717, 1.165) is 10.8 Å². The number of anilines is 1. The molecule has 1 saturated carbocycles. The topological polar surface area (TPSA) is 67.4 Å². The van der Waals surface area contributed by atoms with Gasteiger partial charge in [-0.3, -0.25) is 10.1 Å². The number of carbonyl (C=O) groups excluding carboxylic acids is 2. The third-order valence-electron chi connectivity index (χ3n) is 5.16. The fraction of sp³-hybridized carbons (Fsp3) is 0.333. The van der Waals surface area contributed by atoms with E-state index in [1.807, 2.05) is 56.3 Å². The molecule has 2 atom stereocenters. The molecule has 0 aliphatic heterocycles. The van der Waals surface area contributed by atoms with Gasteiger partial charge in [-0.25, -0.2) is 4.79 Å². The number of rotatable bonds is 6. The van der Waals surface area contributed by atoms with Crippen molar-refractivity contribution in [3.63, 3.8) is 0 Å². The van der Waals surface area contributed by atoms with Gasteiger partial charge in [-0.15, -0.1) is 0 Å². The smallest absolute Gasteiger partial charge is 0.411 e.